The molecule has 2 nitrogen and oxygen atoms in total. The van der Waals surface area contributed by atoms with Crippen LogP contribution in [0.5, 0.6) is 0 Å². The molecule has 16 heavy (non-hydrogen) atoms. The lowest BCUT2D eigenvalue weighted by Crippen LogP contribution is -2.51. The second kappa shape index (κ2) is 4.02. The number of ketones is 1. The van der Waals surface area contributed by atoms with Gasteiger partial charge in [-0.05, 0) is 20.8 Å². The molecule has 0 aliphatic carbocycles. The first-order chi connectivity index (χ1) is 7.16. The van der Waals surface area contributed by atoms with Crippen LogP contribution in [0.25, 0.3) is 0 Å². The lowest BCUT2D eigenvalue weighted by molar-refractivity contribution is 0.0735. The molecule has 0 aromatic heterocycles. The van der Waals surface area contributed by atoms with E-state index in [1.165, 1.54) is 0 Å². The molecule has 88 valence electrons. The van der Waals surface area contributed by atoms with Gasteiger partial charge in [0.25, 0.3) is 0 Å². The van der Waals surface area contributed by atoms with E-state index in [-0.39, 0.29) is 5.78 Å². The van der Waals surface area contributed by atoms with Crippen LogP contribution in [0, 0.1) is 12.3 Å². The summed E-state index contributed by atoms with van der Waals surface area (Å²) in [5.74, 6) is 0.0972. The van der Waals surface area contributed by atoms with Gasteiger partial charge in [0.05, 0.1) is 0 Å². The first-order valence-corrected chi connectivity index (χ1v) is 5.56. The molecular formula is C14H21NO. The van der Waals surface area contributed by atoms with Crippen molar-refractivity contribution in [2.45, 2.75) is 40.2 Å². The van der Waals surface area contributed by atoms with Crippen LogP contribution >= 0.6 is 0 Å². The minimum atomic E-state index is -0.567. The van der Waals surface area contributed by atoms with Gasteiger partial charge >= 0.3 is 0 Å². The van der Waals surface area contributed by atoms with Gasteiger partial charge in [0.1, 0.15) is 0 Å². The van der Waals surface area contributed by atoms with Gasteiger partial charge < -0.3 is 5.73 Å². The summed E-state index contributed by atoms with van der Waals surface area (Å²) < 4.78 is 0. The highest BCUT2D eigenvalue weighted by atomic mass is 16.1. The van der Waals surface area contributed by atoms with E-state index in [0.717, 1.165) is 11.1 Å². The summed E-state index contributed by atoms with van der Waals surface area (Å²) in [5, 5.41) is 0. The van der Waals surface area contributed by atoms with Gasteiger partial charge in [0.2, 0.25) is 0 Å². The molecule has 0 aliphatic rings. The lowest BCUT2D eigenvalue weighted by atomic mass is 9.70. The zero-order chi connectivity index (χ0) is 12.6. The van der Waals surface area contributed by atoms with E-state index in [4.69, 9.17) is 5.73 Å². The number of hydrogen-bond acceptors (Lipinski definition) is 2. The monoisotopic (exact) mass is 219 g/mol. The maximum atomic E-state index is 12.3. The van der Waals surface area contributed by atoms with Crippen LogP contribution in [0.3, 0.4) is 0 Å². The van der Waals surface area contributed by atoms with Crippen molar-refractivity contribution in [1.29, 1.82) is 0 Å². The molecule has 1 aromatic rings. The van der Waals surface area contributed by atoms with Crippen LogP contribution in [0.15, 0.2) is 24.3 Å². The van der Waals surface area contributed by atoms with E-state index in [9.17, 15) is 4.79 Å². The van der Waals surface area contributed by atoms with Gasteiger partial charge in [-0.2, -0.15) is 0 Å². The fourth-order valence-electron chi connectivity index (χ4n) is 1.36. The van der Waals surface area contributed by atoms with E-state index in [0.29, 0.717) is 0 Å². The van der Waals surface area contributed by atoms with Crippen molar-refractivity contribution in [3.63, 3.8) is 0 Å². The van der Waals surface area contributed by atoms with Crippen molar-refractivity contribution in [3.8, 4) is 0 Å². The Morgan fingerprint density at radius 2 is 1.50 bits per heavy atom. The maximum Gasteiger partial charge on any atom is 0.170 e. The van der Waals surface area contributed by atoms with Gasteiger partial charge in [0, 0.05) is 16.5 Å². The van der Waals surface area contributed by atoms with Crippen molar-refractivity contribution < 1.29 is 4.79 Å². The average Bonchev–Trinajstić information content (AvgIpc) is 2.16. The Bertz CT molecular complexity index is 382. The van der Waals surface area contributed by atoms with Crippen molar-refractivity contribution in [2.75, 3.05) is 0 Å². The SMILES string of the molecule is Cc1ccc(C(=O)C(C)(C)C(C)(C)N)cc1. The number of hydrogen-bond donors (Lipinski definition) is 1. The summed E-state index contributed by atoms with van der Waals surface area (Å²) in [4.78, 5) is 12.3. The van der Waals surface area contributed by atoms with Crippen LogP contribution in [-0.2, 0) is 0 Å². The molecule has 0 fully saturated rings. The molecule has 1 aromatic carbocycles. The Kier molecular flexibility index (Phi) is 3.25. The Labute approximate surface area is 97.9 Å². The third-order valence-corrected chi connectivity index (χ3v) is 3.49. The van der Waals surface area contributed by atoms with Gasteiger partial charge in [-0.1, -0.05) is 43.7 Å². The predicted molar refractivity (Wildman–Crippen MR) is 67.6 cm³/mol. The molecule has 2 heteroatoms. The molecule has 0 saturated heterocycles. The highest BCUT2D eigenvalue weighted by Gasteiger charge is 2.40. The van der Waals surface area contributed by atoms with Crippen molar-refractivity contribution in [3.05, 3.63) is 35.4 Å². The first-order valence-electron chi connectivity index (χ1n) is 5.56. The number of aryl methyl sites for hydroxylation is 1. The van der Waals surface area contributed by atoms with E-state index < -0.39 is 11.0 Å². The summed E-state index contributed by atoms with van der Waals surface area (Å²) in [6.45, 7) is 9.58. The Balaban J connectivity index is 3.07. The third kappa shape index (κ3) is 2.33. The van der Waals surface area contributed by atoms with E-state index >= 15 is 0 Å². The van der Waals surface area contributed by atoms with Crippen LogP contribution in [0.2, 0.25) is 0 Å². The summed E-state index contributed by atoms with van der Waals surface area (Å²) in [5.41, 5.74) is 6.85. The molecule has 0 spiro atoms. The van der Waals surface area contributed by atoms with E-state index in [1.54, 1.807) is 0 Å². The smallest absolute Gasteiger partial charge is 0.170 e. The molecule has 0 atom stereocenters. The Morgan fingerprint density at radius 3 is 1.88 bits per heavy atom. The van der Waals surface area contributed by atoms with Gasteiger partial charge in [0.15, 0.2) is 5.78 Å². The highest BCUT2D eigenvalue weighted by molar-refractivity contribution is 6.00. The Morgan fingerprint density at radius 1 is 1.06 bits per heavy atom. The zero-order valence-electron chi connectivity index (χ0n) is 10.8. The zero-order valence-corrected chi connectivity index (χ0v) is 10.8. The lowest BCUT2D eigenvalue weighted by Gasteiger charge is -2.37. The minimum absolute atomic E-state index is 0.0972. The minimum Gasteiger partial charge on any atom is -0.325 e. The fourth-order valence-corrected chi connectivity index (χ4v) is 1.36. The second-order valence-electron chi connectivity index (χ2n) is 5.54. The fraction of sp³-hybridized carbons (Fsp3) is 0.500. The molecule has 0 amide bonds. The first kappa shape index (κ1) is 12.9. The topological polar surface area (TPSA) is 43.1 Å². The molecule has 0 unspecified atom stereocenters. The number of nitrogens with two attached hydrogens (primary N) is 1. The molecule has 0 bridgehead atoms. The van der Waals surface area contributed by atoms with Crippen molar-refractivity contribution in [2.24, 2.45) is 11.1 Å². The number of carbonyl (C=O) groups excluding carboxylic acids is 1. The van der Waals surface area contributed by atoms with Crippen LogP contribution in [-0.4, -0.2) is 11.3 Å². The number of Topliss-reactive ketones (excluding diaryl/α,β-unsaturated/α-hetero) is 1. The molecule has 0 aliphatic heterocycles. The standard InChI is InChI=1S/C14H21NO/c1-10-6-8-11(9-7-10)12(16)13(2,3)14(4,5)15/h6-9H,15H2,1-5H3. The van der Waals surface area contributed by atoms with Crippen LogP contribution in [0.1, 0.15) is 43.6 Å². The summed E-state index contributed by atoms with van der Waals surface area (Å²) in [6.07, 6.45) is 0. The van der Waals surface area contributed by atoms with E-state index in [1.807, 2.05) is 58.9 Å². The summed E-state index contributed by atoms with van der Waals surface area (Å²) in [6, 6.07) is 7.63. The average molecular weight is 219 g/mol. The summed E-state index contributed by atoms with van der Waals surface area (Å²) in [7, 11) is 0. The second-order valence-corrected chi connectivity index (χ2v) is 5.54. The normalized spacial score (nSPS) is 12.6. The molecular weight excluding hydrogens is 198 g/mol. The van der Waals surface area contributed by atoms with Gasteiger partial charge in [-0.3, -0.25) is 4.79 Å². The molecule has 0 saturated carbocycles. The molecule has 0 heterocycles. The molecule has 1 rings (SSSR count). The van der Waals surface area contributed by atoms with Crippen LogP contribution < -0.4 is 5.73 Å². The van der Waals surface area contributed by atoms with Gasteiger partial charge in [-0.25, -0.2) is 0 Å². The van der Waals surface area contributed by atoms with Crippen LogP contribution in [0.4, 0.5) is 0 Å². The predicted octanol–water partition coefficient (Wildman–Crippen LogP) is 2.94. The summed E-state index contributed by atoms with van der Waals surface area (Å²) >= 11 is 0. The molecule has 0 radical (unpaired) electrons. The number of benzene rings is 1. The van der Waals surface area contributed by atoms with Gasteiger partial charge in [-0.15, -0.1) is 0 Å². The quantitative estimate of drug-likeness (QED) is 0.794. The number of rotatable bonds is 3. The maximum absolute atomic E-state index is 12.3. The largest absolute Gasteiger partial charge is 0.325 e. The Hall–Kier alpha value is -1.15. The van der Waals surface area contributed by atoms with Crippen molar-refractivity contribution >= 4 is 5.78 Å². The third-order valence-electron chi connectivity index (χ3n) is 3.49. The van der Waals surface area contributed by atoms with Crippen molar-refractivity contribution in [1.82, 2.24) is 0 Å². The molecule has 2 N–H and O–H groups in total. The highest BCUT2D eigenvalue weighted by Crippen LogP contribution is 2.32. The van der Waals surface area contributed by atoms with E-state index in [2.05, 4.69) is 0 Å². The number of carbonyl (C=O) groups is 1.